The quantitative estimate of drug-likeness (QED) is 0.151. The second-order valence-corrected chi connectivity index (χ2v) is 33.9. The molecule has 0 N–H and O–H groups in total. The Morgan fingerprint density at radius 1 is 0.373 bits per heavy atom. The molecule has 102 heavy (non-hydrogen) atoms. The average Bonchev–Trinajstić information content (AvgIpc) is 1.54. The van der Waals surface area contributed by atoms with E-state index in [4.69, 9.17) is 4.42 Å². The molecule has 7 aliphatic carbocycles. The highest BCUT2D eigenvalue weighted by Gasteiger charge is 2.59. The van der Waals surface area contributed by atoms with E-state index in [0.29, 0.717) is 17.8 Å². The van der Waals surface area contributed by atoms with E-state index >= 15 is 0 Å². The summed E-state index contributed by atoms with van der Waals surface area (Å²) in [5.41, 5.74) is 30.0. The summed E-state index contributed by atoms with van der Waals surface area (Å²) in [6.45, 7) is 7.58. The Balaban J connectivity index is 0.737. The highest BCUT2D eigenvalue weighted by atomic mass is 32.1. The van der Waals surface area contributed by atoms with Crippen molar-refractivity contribution in [3.8, 4) is 55.6 Å². The lowest BCUT2D eigenvalue weighted by Gasteiger charge is -2.47. The summed E-state index contributed by atoms with van der Waals surface area (Å²) in [6.07, 6.45) is 10.4. The maximum absolute atomic E-state index is 7.57. The van der Waals surface area contributed by atoms with E-state index in [1.54, 1.807) is 11.1 Å². The molecule has 0 amide bonds. The first-order chi connectivity index (χ1) is 50.2. The van der Waals surface area contributed by atoms with Crippen molar-refractivity contribution < 1.29 is 4.42 Å². The molecule has 6 unspecified atom stereocenters. The molecular weight excluding hydrogens is 1270 g/mol. The third-order valence-electron chi connectivity index (χ3n) is 26.7. The van der Waals surface area contributed by atoms with Gasteiger partial charge in [0.1, 0.15) is 5.58 Å². The van der Waals surface area contributed by atoms with Gasteiger partial charge in [-0.2, -0.15) is 0 Å². The molecule has 3 heterocycles. The van der Waals surface area contributed by atoms with Gasteiger partial charge in [-0.3, -0.25) is 0 Å². The Hall–Kier alpha value is -10.3. The van der Waals surface area contributed by atoms with Gasteiger partial charge in [0.2, 0.25) is 0 Å². The van der Waals surface area contributed by atoms with Crippen molar-refractivity contribution in [3.63, 3.8) is 0 Å². The lowest BCUT2D eigenvalue weighted by Crippen LogP contribution is -2.43. The van der Waals surface area contributed by atoms with Gasteiger partial charge in [-0.25, -0.2) is 0 Å². The topological polar surface area (TPSA) is 19.6 Å². The molecule has 7 aliphatic rings. The first-order valence-electron chi connectivity index (χ1n) is 37.4. The van der Waals surface area contributed by atoms with Gasteiger partial charge in [0.15, 0.2) is 5.58 Å². The van der Waals surface area contributed by atoms with Gasteiger partial charge >= 0.3 is 0 Å². The Morgan fingerprint density at radius 2 is 0.882 bits per heavy atom. The number of benzene rings is 13. The maximum atomic E-state index is 7.57. The van der Waals surface area contributed by atoms with Crippen LogP contribution in [0.2, 0.25) is 0 Å². The van der Waals surface area contributed by atoms with E-state index in [-0.39, 0.29) is 10.8 Å². The van der Waals surface area contributed by atoms with Crippen molar-refractivity contribution in [2.24, 2.45) is 29.6 Å². The van der Waals surface area contributed by atoms with E-state index in [1.165, 1.54) is 181 Å². The summed E-state index contributed by atoms with van der Waals surface area (Å²) < 4.78 is 12.9. The Bertz CT molecular complexity index is 6310. The number of hydrogen-bond donors (Lipinski definition) is 0. The summed E-state index contributed by atoms with van der Waals surface area (Å²) in [7, 11) is 0. The molecule has 0 saturated heterocycles. The van der Waals surface area contributed by atoms with Crippen LogP contribution in [0.15, 0.2) is 271 Å². The van der Waals surface area contributed by atoms with E-state index in [0.717, 1.165) is 56.8 Å². The number of fused-ring (bicyclic) bond motifs is 29. The maximum Gasteiger partial charge on any atom is 0.160 e. The number of thiophene rings is 2. The molecule has 3 nitrogen and oxygen atoms in total. The molecule has 2 spiro atoms. The predicted molar refractivity (Wildman–Crippen MR) is 430 cm³/mol. The van der Waals surface area contributed by atoms with Gasteiger partial charge in [-0.1, -0.05) is 216 Å². The Kier molecular flexibility index (Phi) is 12.1. The van der Waals surface area contributed by atoms with Gasteiger partial charge in [0, 0.05) is 95.8 Å². The summed E-state index contributed by atoms with van der Waals surface area (Å²) >= 11 is 3.81. The zero-order valence-electron chi connectivity index (χ0n) is 57.6. The van der Waals surface area contributed by atoms with Crippen molar-refractivity contribution in [2.45, 2.75) is 88.4 Å². The summed E-state index contributed by atoms with van der Waals surface area (Å²) in [5, 5.41) is 7.57. The first-order valence-corrected chi connectivity index (χ1v) is 39.0. The molecule has 5 heteroatoms. The molecular formula is C97H74N2OS2. The second-order valence-electron chi connectivity index (χ2n) is 31.8. The molecule has 0 aliphatic heterocycles. The fraction of sp³-hybridized carbons (Fsp3) is 0.196. The van der Waals surface area contributed by atoms with Crippen LogP contribution in [0.1, 0.15) is 106 Å². The van der Waals surface area contributed by atoms with E-state index in [9.17, 15) is 0 Å². The zero-order chi connectivity index (χ0) is 67.1. The predicted octanol–water partition coefficient (Wildman–Crippen LogP) is 27.7. The van der Waals surface area contributed by atoms with Crippen LogP contribution in [-0.2, 0) is 16.2 Å². The standard InChI is InChI=1S/C97H74N2OS2/c1-56-46-57-36-39-62(47-57)97(56)81-32-10-5-23-71(81)73-44-41-67(53-84(73)97)99(64-21-15-19-60(50-64)69-28-17-30-77-75-25-8-13-35-89(75)102-94(69)77)86-54-85-90(91-79-26-6-11-33-87(79)100-92(86)91)78-45-42-65(51-82(78)95(85,2)3)98(63-20-14-18-59(49-63)68-27-16-29-76-74-24-7-12-34-88(74)101-93(68)76)66-40-43-72-70-22-4-9-31-80(70)96(83(72)52-66)55-58-37-38-61(96)48-58/h4-35,40-45,49-54,56-58,61-62H,36-39,46-48,55H2,1-3H3/t56-,57?,58?,61?,62?,96?,97?/m0/s1. The lowest BCUT2D eigenvalue weighted by molar-refractivity contribution is 0.162. The molecule has 4 fully saturated rings. The van der Waals surface area contributed by atoms with Crippen molar-refractivity contribution in [2.75, 3.05) is 9.80 Å². The van der Waals surface area contributed by atoms with Crippen LogP contribution in [0.25, 0.3) is 118 Å². The number of hydrogen-bond acceptors (Lipinski definition) is 5. The lowest BCUT2D eigenvalue weighted by atomic mass is 9.56. The van der Waals surface area contributed by atoms with Crippen molar-refractivity contribution >= 4 is 119 Å². The third-order valence-corrected chi connectivity index (χ3v) is 29.1. The fourth-order valence-electron chi connectivity index (χ4n) is 22.6. The zero-order valence-corrected chi connectivity index (χ0v) is 59.2. The summed E-state index contributed by atoms with van der Waals surface area (Å²) in [5.74, 6) is 3.32. The van der Waals surface area contributed by atoms with Gasteiger partial charge < -0.3 is 14.2 Å². The third kappa shape index (κ3) is 7.80. The molecule has 16 aromatic rings. The van der Waals surface area contributed by atoms with Crippen LogP contribution < -0.4 is 9.80 Å². The molecule has 23 rings (SSSR count). The van der Waals surface area contributed by atoms with E-state index in [2.05, 4.69) is 297 Å². The SMILES string of the molecule is C[C@H]1CC2CCC(C2)C12c1ccccc1-c1ccc(N(c3cccc(-c4cccc5c4sc4ccccc45)c3)c3cc4c(c5c3oc3ccccc35)-c3ccc(N(c5cccc(-c6cccc7c6sc6ccccc67)c5)c5ccc6c(c5)C5(CC7CCC5C7)c5ccccc5-6)cc3C4(C)C)cc12. The normalized spacial score (nSPS) is 22.0. The van der Waals surface area contributed by atoms with Gasteiger partial charge in [0.25, 0.3) is 0 Å². The molecule has 3 aromatic heterocycles. The average molecular weight is 1350 g/mol. The van der Waals surface area contributed by atoms with Crippen LogP contribution in [0.3, 0.4) is 0 Å². The van der Waals surface area contributed by atoms with Crippen LogP contribution in [-0.4, -0.2) is 0 Å². The van der Waals surface area contributed by atoms with Crippen molar-refractivity contribution in [1.29, 1.82) is 0 Å². The number of anilines is 6. The number of nitrogens with zero attached hydrogens (tertiary/aromatic N) is 2. The van der Waals surface area contributed by atoms with Crippen LogP contribution in [0.5, 0.6) is 0 Å². The van der Waals surface area contributed by atoms with Crippen LogP contribution in [0.4, 0.5) is 34.1 Å². The van der Waals surface area contributed by atoms with Gasteiger partial charge in [0.05, 0.1) is 5.69 Å². The molecule has 7 atom stereocenters. The summed E-state index contributed by atoms with van der Waals surface area (Å²) in [6, 6.07) is 103. The monoisotopic (exact) mass is 1350 g/mol. The summed E-state index contributed by atoms with van der Waals surface area (Å²) in [4.78, 5) is 5.22. The van der Waals surface area contributed by atoms with Gasteiger partial charge in [-0.15, -0.1) is 22.7 Å². The largest absolute Gasteiger partial charge is 0.454 e. The van der Waals surface area contributed by atoms with Crippen molar-refractivity contribution in [3.05, 3.63) is 300 Å². The Labute approximate surface area is 603 Å². The van der Waals surface area contributed by atoms with E-state index < -0.39 is 5.41 Å². The molecule has 13 aromatic carbocycles. The van der Waals surface area contributed by atoms with Crippen LogP contribution >= 0.6 is 22.7 Å². The number of rotatable bonds is 8. The first kappa shape index (κ1) is 58.4. The highest BCUT2D eigenvalue weighted by Crippen LogP contribution is 2.69. The van der Waals surface area contributed by atoms with Crippen molar-refractivity contribution in [1.82, 2.24) is 0 Å². The smallest absolute Gasteiger partial charge is 0.160 e. The molecule has 4 bridgehead atoms. The molecule has 4 saturated carbocycles. The fourth-order valence-corrected chi connectivity index (χ4v) is 25.0. The minimum atomic E-state index is -0.455. The Morgan fingerprint density at radius 3 is 1.57 bits per heavy atom. The minimum Gasteiger partial charge on any atom is -0.454 e. The van der Waals surface area contributed by atoms with Gasteiger partial charge in [-0.05, 0) is 242 Å². The second kappa shape index (κ2) is 21.2. The van der Waals surface area contributed by atoms with Crippen LogP contribution in [0, 0.1) is 29.6 Å². The minimum absolute atomic E-state index is 0.0236. The number of para-hydroxylation sites is 1. The highest BCUT2D eigenvalue weighted by molar-refractivity contribution is 7.26. The molecule has 0 radical (unpaired) electrons. The number of furan rings is 1. The molecule has 490 valence electrons. The van der Waals surface area contributed by atoms with E-state index in [1.807, 2.05) is 22.7 Å².